The van der Waals surface area contributed by atoms with Gasteiger partial charge in [-0.25, -0.2) is 9.78 Å². The van der Waals surface area contributed by atoms with Crippen molar-refractivity contribution in [2.24, 2.45) is 0 Å². The maximum atomic E-state index is 11.9. The summed E-state index contributed by atoms with van der Waals surface area (Å²) >= 11 is 3.27. The molecule has 0 saturated carbocycles. The average molecular weight is 362 g/mol. The Morgan fingerprint density at radius 1 is 1.14 bits per heavy atom. The molecule has 2 N–H and O–H groups in total. The number of nitrogens with one attached hydrogen (secondary N) is 2. The molecule has 2 rings (SSSR count). The Labute approximate surface area is 137 Å². The number of halogens is 1. The molecule has 0 fully saturated rings. The molecule has 0 saturated heterocycles. The zero-order valence-corrected chi connectivity index (χ0v) is 13.7. The summed E-state index contributed by atoms with van der Waals surface area (Å²) in [6, 6.07) is 10.5. The normalized spacial score (nSPS) is 10.1. The second-order valence-electron chi connectivity index (χ2n) is 4.78. The number of anilines is 1. The van der Waals surface area contributed by atoms with Crippen LogP contribution in [0.15, 0.2) is 47.1 Å². The van der Waals surface area contributed by atoms with Crippen molar-refractivity contribution in [1.29, 1.82) is 0 Å². The number of hydrogen-bond acceptors (Lipinski definition) is 3. The van der Waals surface area contributed by atoms with Crippen molar-refractivity contribution in [2.45, 2.75) is 13.3 Å². The Morgan fingerprint density at radius 2 is 1.86 bits per heavy atom. The number of hydrogen-bond donors (Lipinski definition) is 2. The summed E-state index contributed by atoms with van der Waals surface area (Å²) in [5.74, 6) is 0.452. The molecule has 0 unspecified atom stereocenters. The van der Waals surface area contributed by atoms with E-state index in [1.807, 2.05) is 19.1 Å². The molecule has 114 valence electrons. The molecule has 0 aliphatic carbocycles. The lowest BCUT2D eigenvalue weighted by Crippen LogP contribution is -2.30. The second kappa shape index (κ2) is 7.70. The number of Topliss-reactive ketones (excluding diaryl/α,β-unsaturated/α-hetero) is 1. The van der Waals surface area contributed by atoms with Gasteiger partial charge < -0.3 is 5.32 Å². The highest BCUT2D eigenvalue weighted by atomic mass is 79.9. The van der Waals surface area contributed by atoms with E-state index in [1.54, 1.807) is 30.5 Å². The van der Waals surface area contributed by atoms with Crippen LogP contribution in [-0.2, 0) is 0 Å². The van der Waals surface area contributed by atoms with Gasteiger partial charge in [0.05, 0.1) is 0 Å². The Balaban J connectivity index is 1.75. The van der Waals surface area contributed by atoms with Gasteiger partial charge in [-0.3, -0.25) is 10.1 Å². The molecule has 0 aliphatic heterocycles. The third-order valence-corrected chi connectivity index (χ3v) is 3.45. The zero-order chi connectivity index (χ0) is 15.9. The highest BCUT2D eigenvalue weighted by Crippen LogP contribution is 2.10. The molecule has 0 bridgehead atoms. The van der Waals surface area contributed by atoms with Gasteiger partial charge in [-0.05, 0) is 35.0 Å². The van der Waals surface area contributed by atoms with Crippen molar-refractivity contribution >= 4 is 33.6 Å². The van der Waals surface area contributed by atoms with Crippen molar-refractivity contribution < 1.29 is 9.59 Å². The summed E-state index contributed by atoms with van der Waals surface area (Å²) in [5, 5.41) is 5.23. The number of urea groups is 1. The molecule has 5 nitrogen and oxygen atoms in total. The first-order valence-corrected chi connectivity index (χ1v) is 7.60. The molecule has 1 aromatic heterocycles. The van der Waals surface area contributed by atoms with Gasteiger partial charge in [0.2, 0.25) is 0 Å². The van der Waals surface area contributed by atoms with Crippen LogP contribution in [0.1, 0.15) is 22.3 Å². The topological polar surface area (TPSA) is 71.1 Å². The SMILES string of the molecule is Cc1ccc(C(=O)CCNC(=O)Nc2ccc(Br)cn2)cc1. The van der Waals surface area contributed by atoms with Crippen molar-refractivity contribution in [3.05, 3.63) is 58.2 Å². The molecule has 0 spiro atoms. The third-order valence-electron chi connectivity index (χ3n) is 2.98. The van der Waals surface area contributed by atoms with Crippen LogP contribution >= 0.6 is 15.9 Å². The maximum absolute atomic E-state index is 11.9. The Hall–Kier alpha value is -2.21. The van der Waals surface area contributed by atoms with E-state index in [0.29, 0.717) is 11.4 Å². The summed E-state index contributed by atoms with van der Waals surface area (Å²) < 4.78 is 0.835. The number of ketones is 1. The van der Waals surface area contributed by atoms with Gasteiger partial charge in [0.25, 0.3) is 0 Å². The molecule has 0 radical (unpaired) electrons. The number of pyridine rings is 1. The Kier molecular flexibility index (Phi) is 5.66. The van der Waals surface area contributed by atoms with E-state index in [0.717, 1.165) is 10.0 Å². The van der Waals surface area contributed by atoms with Gasteiger partial charge in [-0.15, -0.1) is 0 Å². The van der Waals surface area contributed by atoms with Crippen LogP contribution in [0, 0.1) is 6.92 Å². The van der Waals surface area contributed by atoms with Crippen molar-refractivity contribution in [1.82, 2.24) is 10.3 Å². The molecular weight excluding hydrogens is 346 g/mol. The van der Waals surface area contributed by atoms with Gasteiger partial charge in [-0.1, -0.05) is 29.8 Å². The molecule has 0 atom stereocenters. The lowest BCUT2D eigenvalue weighted by molar-refractivity contribution is 0.0984. The van der Waals surface area contributed by atoms with E-state index >= 15 is 0 Å². The van der Waals surface area contributed by atoms with Crippen LogP contribution in [0.25, 0.3) is 0 Å². The van der Waals surface area contributed by atoms with Gasteiger partial charge in [0.1, 0.15) is 5.82 Å². The fourth-order valence-electron chi connectivity index (χ4n) is 1.78. The highest BCUT2D eigenvalue weighted by Gasteiger charge is 2.07. The fraction of sp³-hybridized carbons (Fsp3) is 0.188. The van der Waals surface area contributed by atoms with Crippen molar-refractivity contribution in [3.63, 3.8) is 0 Å². The molecular formula is C16H16BrN3O2. The third kappa shape index (κ3) is 4.96. The molecule has 0 aliphatic rings. The Morgan fingerprint density at radius 3 is 2.50 bits per heavy atom. The number of carbonyl (C=O) groups is 2. The van der Waals surface area contributed by atoms with Crippen molar-refractivity contribution in [2.75, 3.05) is 11.9 Å². The first kappa shape index (κ1) is 16.2. The molecule has 22 heavy (non-hydrogen) atoms. The number of benzene rings is 1. The van der Waals surface area contributed by atoms with Gasteiger partial charge in [0.15, 0.2) is 5.78 Å². The Bertz CT molecular complexity index is 654. The molecule has 1 heterocycles. The number of aryl methyl sites for hydroxylation is 1. The van der Waals surface area contributed by atoms with E-state index < -0.39 is 0 Å². The number of carbonyl (C=O) groups excluding carboxylic acids is 2. The van der Waals surface area contributed by atoms with Crippen LogP contribution in [0.2, 0.25) is 0 Å². The van der Waals surface area contributed by atoms with Crippen LogP contribution in [0.3, 0.4) is 0 Å². The van der Waals surface area contributed by atoms with Gasteiger partial charge in [0, 0.05) is 29.2 Å². The summed E-state index contributed by atoms with van der Waals surface area (Å²) in [6.07, 6.45) is 1.85. The number of nitrogens with zero attached hydrogens (tertiary/aromatic N) is 1. The summed E-state index contributed by atoms with van der Waals surface area (Å²) in [4.78, 5) is 27.7. The summed E-state index contributed by atoms with van der Waals surface area (Å²) in [6.45, 7) is 2.24. The van der Waals surface area contributed by atoms with Crippen LogP contribution in [-0.4, -0.2) is 23.3 Å². The number of amides is 2. The molecule has 6 heteroatoms. The predicted octanol–water partition coefficient (Wildman–Crippen LogP) is 3.55. The lowest BCUT2D eigenvalue weighted by atomic mass is 10.1. The minimum Gasteiger partial charge on any atom is -0.337 e. The monoisotopic (exact) mass is 361 g/mol. The van der Waals surface area contributed by atoms with E-state index in [9.17, 15) is 9.59 Å². The molecule has 1 aromatic carbocycles. The van der Waals surface area contributed by atoms with E-state index in [1.165, 1.54) is 0 Å². The first-order chi connectivity index (χ1) is 10.5. The first-order valence-electron chi connectivity index (χ1n) is 6.81. The van der Waals surface area contributed by atoms with Crippen LogP contribution in [0.5, 0.6) is 0 Å². The molecule has 2 aromatic rings. The quantitative estimate of drug-likeness (QED) is 0.800. The largest absolute Gasteiger partial charge is 0.337 e. The van der Waals surface area contributed by atoms with Crippen molar-refractivity contribution in [3.8, 4) is 0 Å². The highest BCUT2D eigenvalue weighted by molar-refractivity contribution is 9.10. The smallest absolute Gasteiger partial charge is 0.320 e. The standard InChI is InChI=1S/C16H16BrN3O2/c1-11-2-4-12(5-3-11)14(21)8-9-18-16(22)20-15-7-6-13(17)10-19-15/h2-7,10H,8-9H2,1H3,(H2,18,19,20,22). The summed E-state index contributed by atoms with van der Waals surface area (Å²) in [5.41, 5.74) is 1.76. The number of aromatic nitrogens is 1. The molecule has 2 amide bonds. The fourth-order valence-corrected chi connectivity index (χ4v) is 2.02. The zero-order valence-electron chi connectivity index (χ0n) is 12.1. The van der Waals surface area contributed by atoms with E-state index in [4.69, 9.17) is 0 Å². The second-order valence-corrected chi connectivity index (χ2v) is 5.70. The average Bonchev–Trinajstić information content (AvgIpc) is 2.50. The lowest BCUT2D eigenvalue weighted by Gasteiger charge is -2.07. The van der Waals surface area contributed by atoms with Gasteiger partial charge >= 0.3 is 6.03 Å². The van der Waals surface area contributed by atoms with E-state index in [2.05, 4.69) is 31.5 Å². The van der Waals surface area contributed by atoms with Crippen LogP contribution < -0.4 is 10.6 Å². The van der Waals surface area contributed by atoms with E-state index in [-0.39, 0.29) is 24.8 Å². The van der Waals surface area contributed by atoms with Gasteiger partial charge in [-0.2, -0.15) is 0 Å². The minimum absolute atomic E-state index is 0.00191. The number of rotatable bonds is 5. The minimum atomic E-state index is -0.383. The van der Waals surface area contributed by atoms with Crippen LogP contribution in [0.4, 0.5) is 10.6 Å². The summed E-state index contributed by atoms with van der Waals surface area (Å²) in [7, 11) is 0. The predicted molar refractivity (Wildman–Crippen MR) is 89.1 cm³/mol. The maximum Gasteiger partial charge on any atom is 0.320 e.